The van der Waals surface area contributed by atoms with Crippen LogP contribution < -0.4 is 11.1 Å². The molecule has 3 nitrogen and oxygen atoms in total. The van der Waals surface area contributed by atoms with E-state index in [1.165, 1.54) is 0 Å². The van der Waals surface area contributed by atoms with Gasteiger partial charge in [-0.05, 0) is 43.4 Å². The van der Waals surface area contributed by atoms with Crippen LogP contribution in [-0.2, 0) is 4.79 Å². The van der Waals surface area contributed by atoms with Crippen LogP contribution in [0.15, 0.2) is 22.7 Å². The van der Waals surface area contributed by atoms with Crippen molar-refractivity contribution in [1.29, 1.82) is 0 Å². The molecular weight excluding hydrogens is 292 g/mol. The molecule has 1 aliphatic rings. The molecule has 1 aromatic rings. The van der Waals surface area contributed by atoms with Crippen LogP contribution in [0, 0.1) is 12.8 Å². The molecule has 1 fully saturated rings. The maximum atomic E-state index is 12.0. The van der Waals surface area contributed by atoms with Crippen LogP contribution >= 0.6 is 15.9 Å². The van der Waals surface area contributed by atoms with Crippen LogP contribution in [-0.4, -0.2) is 11.9 Å². The average molecular weight is 311 g/mol. The topological polar surface area (TPSA) is 55.1 Å². The number of aryl methyl sites for hydroxylation is 1. The van der Waals surface area contributed by atoms with Gasteiger partial charge in [0.15, 0.2) is 0 Å². The molecule has 4 heteroatoms. The molecule has 2 rings (SSSR count). The van der Waals surface area contributed by atoms with E-state index in [0.29, 0.717) is 12.3 Å². The summed E-state index contributed by atoms with van der Waals surface area (Å²) >= 11 is 3.41. The van der Waals surface area contributed by atoms with E-state index in [0.717, 1.165) is 35.0 Å². The van der Waals surface area contributed by atoms with Gasteiger partial charge in [-0.25, -0.2) is 0 Å². The minimum atomic E-state index is 0.0681. The Balaban J connectivity index is 1.96. The number of anilines is 1. The summed E-state index contributed by atoms with van der Waals surface area (Å²) in [6, 6.07) is 6.08. The van der Waals surface area contributed by atoms with Crippen molar-refractivity contribution < 1.29 is 4.79 Å². The van der Waals surface area contributed by atoms with Crippen molar-refractivity contribution in [1.82, 2.24) is 0 Å². The summed E-state index contributed by atoms with van der Waals surface area (Å²) in [6.45, 7) is 1.99. The van der Waals surface area contributed by atoms with Gasteiger partial charge in [-0.2, -0.15) is 0 Å². The van der Waals surface area contributed by atoms with Gasteiger partial charge in [0.05, 0.1) is 0 Å². The van der Waals surface area contributed by atoms with Crippen LogP contribution in [0.4, 0.5) is 5.69 Å². The fraction of sp³-hybridized carbons (Fsp3) is 0.500. The molecule has 18 heavy (non-hydrogen) atoms. The molecule has 2 atom stereocenters. The fourth-order valence-corrected chi connectivity index (χ4v) is 2.85. The number of carbonyl (C=O) groups excluding carboxylic acids is 1. The summed E-state index contributed by atoms with van der Waals surface area (Å²) in [5, 5.41) is 2.97. The lowest BCUT2D eigenvalue weighted by molar-refractivity contribution is -0.117. The molecule has 0 unspecified atom stereocenters. The number of amides is 1. The van der Waals surface area contributed by atoms with Crippen molar-refractivity contribution >= 4 is 27.5 Å². The molecule has 1 amide bonds. The third-order valence-electron chi connectivity index (χ3n) is 3.64. The van der Waals surface area contributed by atoms with Gasteiger partial charge in [0, 0.05) is 22.6 Å². The van der Waals surface area contributed by atoms with Crippen LogP contribution in [0.3, 0.4) is 0 Å². The Bertz CT molecular complexity index is 447. The zero-order chi connectivity index (χ0) is 13.1. The van der Waals surface area contributed by atoms with Gasteiger partial charge in [0.2, 0.25) is 5.91 Å². The van der Waals surface area contributed by atoms with Crippen LogP contribution in [0.5, 0.6) is 0 Å². The third kappa shape index (κ3) is 3.33. The van der Waals surface area contributed by atoms with Crippen molar-refractivity contribution in [3.63, 3.8) is 0 Å². The second-order valence-electron chi connectivity index (χ2n) is 5.07. The van der Waals surface area contributed by atoms with E-state index in [-0.39, 0.29) is 11.9 Å². The number of carbonyl (C=O) groups is 1. The predicted octanol–water partition coefficient (Wildman–Crippen LogP) is 3.21. The highest BCUT2D eigenvalue weighted by Gasteiger charge is 2.26. The molecule has 0 radical (unpaired) electrons. The Morgan fingerprint density at radius 3 is 2.94 bits per heavy atom. The smallest absolute Gasteiger partial charge is 0.224 e. The highest BCUT2D eigenvalue weighted by molar-refractivity contribution is 9.10. The highest BCUT2D eigenvalue weighted by atomic mass is 79.9. The van der Waals surface area contributed by atoms with Crippen molar-refractivity contribution in [3.05, 3.63) is 28.2 Å². The van der Waals surface area contributed by atoms with E-state index in [1.54, 1.807) is 0 Å². The summed E-state index contributed by atoms with van der Waals surface area (Å²) in [4.78, 5) is 12.0. The number of rotatable bonds is 3. The van der Waals surface area contributed by atoms with E-state index in [1.807, 2.05) is 25.1 Å². The van der Waals surface area contributed by atoms with E-state index < -0.39 is 0 Å². The molecule has 0 saturated heterocycles. The number of benzene rings is 1. The van der Waals surface area contributed by atoms with Crippen LogP contribution in [0.2, 0.25) is 0 Å². The quantitative estimate of drug-likeness (QED) is 0.900. The second-order valence-corrected chi connectivity index (χ2v) is 5.98. The summed E-state index contributed by atoms with van der Waals surface area (Å²) in [5.74, 6) is 0.413. The maximum Gasteiger partial charge on any atom is 0.224 e. The van der Waals surface area contributed by atoms with Gasteiger partial charge < -0.3 is 11.1 Å². The first kappa shape index (κ1) is 13.6. The summed E-state index contributed by atoms with van der Waals surface area (Å²) < 4.78 is 0.973. The SMILES string of the molecule is Cc1ccc(Br)cc1NC(=O)C[C@@H]1CCC[C@H]1N. The Hall–Kier alpha value is -0.870. The van der Waals surface area contributed by atoms with Gasteiger partial charge in [-0.3, -0.25) is 4.79 Å². The largest absolute Gasteiger partial charge is 0.327 e. The molecule has 0 heterocycles. The Labute approximate surface area is 116 Å². The standard InChI is InChI=1S/C14H19BrN2O/c1-9-5-6-11(15)8-13(9)17-14(18)7-10-3-2-4-12(10)16/h5-6,8,10,12H,2-4,7,16H2,1H3,(H,17,18)/t10-,12+/m0/s1. The van der Waals surface area contributed by atoms with Crippen LogP contribution in [0.25, 0.3) is 0 Å². The first-order valence-electron chi connectivity index (χ1n) is 6.38. The maximum absolute atomic E-state index is 12.0. The van der Waals surface area contributed by atoms with Crippen molar-refractivity contribution in [2.24, 2.45) is 11.7 Å². The first-order valence-corrected chi connectivity index (χ1v) is 7.17. The molecule has 1 aromatic carbocycles. The Morgan fingerprint density at radius 1 is 1.50 bits per heavy atom. The minimum absolute atomic E-state index is 0.0681. The third-order valence-corrected chi connectivity index (χ3v) is 4.13. The molecule has 1 aliphatic carbocycles. The summed E-state index contributed by atoms with van der Waals surface area (Å²) in [6.07, 6.45) is 3.81. The Morgan fingerprint density at radius 2 is 2.28 bits per heavy atom. The van der Waals surface area contributed by atoms with E-state index in [9.17, 15) is 4.79 Å². The fourth-order valence-electron chi connectivity index (χ4n) is 2.49. The normalized spacial score (nSPS) is 23.1. The zero-order valence-electron chi connectivity index (χ0n) is 10.6. The molecule has 0 aromatic heterocycles. The van der Waals surface area contributed by atoms with Crippen LogP contribution in [0.1, 0.15) is 31.2 Å². The number of nitrogens with two attached hydrogens (primary N) is 1. The molecular formula is C14H19BrN2O. The highest BCUT2D eigenvalue weighted by Crippen LogP contribution is 2.27. The first-order chi connectivity index (χ1) is 8.56. The van der Waals surface area contributed by atoms with Crippen molar-refractivity contribution in [3.8, 4) is 0 Å². The molecule has 0 spiro atoms. The van der Waals surface area contributed by atoms with Gasteiger partial charge >= 0.3 is 0 Å². The van der Waals surface area contributed by atoms with E-state index >= 15 is 0 Å². The number of hydrogen-bond donors (Lipinski definition) is 2. The number of halogens is 1. The predicted molar refractivity (Wildman–Crippen MR) is 77.4 cm³/mol. The average Bonchev–Trinajstić information content (AvgIpc) is 2.70. The summed E-state index contributed by atoms with van der Waals surface area (Å²) in [5.41, 5.74) is 7.93. The van der Waals surface area contributed by atoms with Gasteiger partial charge in [0.25, 0.3) is 0 Å². The second kappa shape index (κ2) is 5.85. The van der Waals surface area contributed by atoms with E-state index in [4.69, 9.17) is 5.73 Å². The number of nitrogens with one attached hydrogen (secondary N) is 1. The minimum Gasteiger partial charge on any atom is -0.327 e. The van der Waals surface area contributed by atoms with Crippen molar-refractivity contribution in [2.75, 3.05) is 5.32 Å². The Kier molecular flexibility index (Phi) is 4.40. The molecule has 98 valence electrons. The van der Waals surface area contributed by atoms with Gasteiger partial charge in [-0.1, -0.05) is 28.4 Å². The lowest BCUT2D eigenvalue weighted by atomic mass is 10.00. The molecule has 0 bridgehead atoms. The zero-order valence-corrected chi connectivity index (χ0v) is 12.2. The van der Waals surface area contributed by atoms with Gasteiger partial charge in [-0.15, -0.1) is 0 Å². The molecule has 3 N–H and O–H groups in total. The summed E-state index contributed by atoms with van der Waals surface area (Å²) in [7, 11) is 0. The lowest BCUT2D eigenvalue weighted by Crippen LogP contribution is -2.28. The molecule has 1 saturated carbocycles. The van der Waals surface area contributed by atoms with Gasteiger partial charge in [0.1, 0.15) is 0 Å². The van der Waals surface area contributed by atoms with Crippen molar-refractivity contribution in [2.45, 2.75) is 38.6 Å². The monoisotopic (exact) mass is 310 g/mol. The number of hydrogen-bond acceptors (Lipinski definition) is 2. The van der Waals surface area contributed by atoms with E-state index in [2.05, 4.69) is 21.2 Å². The lowest BCUT2D eigenvalue weighted by Gasteiger charge is -2.15. The molecule has 0 aliphatic heterocycles.